The first-order valence-electron chi connectivity index (χ1n) is 4.00. The Balaban J connectivity index is 2.21. The van der Waals surface area contributed by atoms with Crippen LogP contribution in [0, 0.1) is 0 Å². The number of hydrogen-bond donors (Lipinski definition) is 0. The molecule has 0 radical (unpaired) electrons. The standard InChI is InChI=1S/C8H14O3/c1-3-8(9)11-7-5-4-6(7)10-2/h6-7H,3-5H2,1-2H3. The number of esters is 1. The van der Waals surface area contributed by atoms with Crippen LogP contribution in [-0.4, -0.2) is 25.3 Å². The van der Waals surface area contributed by atoms with Gasteiger partial charge in [-0.05, 0) is 12.8 Å². The van der Waals surface area contributed by atoms with E-state index in [9.17, 15) is 4.79 Å². The Morgan fingerprint density at radius 3 is 2.45 bits per heavy atom. The third-order valence-corrected chi connectivity index (χ3v) is 2.02. The smallest absolute Gasteiger partial charge is 0.305 e. The van der Waals surface area contributed by atoms with Crippen molar-refractivity contribution in [1.29, 1.82) is 0 Å². The molecule has 0 bridgehead atoms. The zero-order chi connectivity index (χ0) is 8.27. The molecule has 0 aromatic heterocycles. The predicted molar refractivity (Wildman–Crippen MR) is 40.2 cm³/mol. The van der Waals surface area contributed by atoms with Gasteiger partial charge < -0.3 is 9.47 Å². The number of carbonyl (C=O) groups is 1. The maximum absolute atomic E-state index is 10.8. The third kappa shape index (κ3) is 1.93. The molecule has 2 unspecified atom stereocenters. The molecule has 2 atom stereocenters. The molecule has 1 saturated carbocycles. The zero-order valence-corrected chi connectivity index (χ0v) is 7.00. The molecule has 1 aliphatic carbocycles. The van der Waals surface area contributed by atoms with Gasteiger partial charge in [-0.3, -0.25) is 4.79 Å². The normalized spacial score (nSPS) is 29.3. The minimum absolute atomic E-state index is 0.0208. The van der Waals surface area contributed by atoms with E-state index in [0.717, 1.165) is 12.8 Å². The number of methoxy groups -OCH3 is 1. The van der Waals surface area contributed by atoms with E-state index >= 15 is 0 Å². The van der Waals surface area contributed by atoms with Crippen molar-refractivity contribution in [3.8, 4) is 0 Å². The molecule has 1 aliphatic rings. The van der Waals surface area contributed by atoms with E-state index in [1.807, 2.05) is 0 Å². The highest BCUT2D eigenvalue weighted by Gasteiger charge is 2.33. The fourth-order valence-electron chi connectivity index (χ4n) is 1.10. The van der Waals surface area contributed by atoms with Crippen molar-refractivity contribution in [3.63, 3.8) is 0 Å². The second kappa shape index (κ2) is 3.72. The van der Waals surface area contributed by atoms with Crippen molar-refractivity contribution < 1.29 is 14.3 Å². The topological polar surface area (TPSA) is 35.5 Å². The highest BCUT2D eigenvalue weighted by atomic mass is 16.6. The summed E-state index contributed by atoms with van der Waals surface area (Å²) in [5.41, 5.74) is 0. The van der Waals surface area contributed by atoms with Crippen molar-refractivity contribution in [2.45, 2.75) is 38.4 Å². The van der Waals surface area contributed by atoms with E-state index in [1.54, 1.807) is 14.0 Å². The van der Waals surface area contributed by atoms with E-state index in [2.05, 4.69) is 0 Å². The molecule has 3 nitrogen and oxygen atoms in total. The van der Waals surface area contributed by atoms with Gasteiger partial charge in [0.1, 0.15) is 6.10 Å². The average Bonchev–Trinajstić information content (AvgIpc) is 1.98. The summed E-state index contributed by atoms with van der Waals surface area (Å²) in [5, 5.41) is 0. The number of hydrogen-bond acceptors (Lipinski definition) is 3. The Labute approximate surface area is 66.7 Å². The fourth-order valence-corrected chi connectivity index (χ4v) is 1.10. The van der Waals surface area contributed by atoms with Crippen LogP contribution in [0.4, 0.5) is 0 Å². The van der Waals surface area contributed by atoms with Crippen LogP contribution < -0.4 is 0 Å². The van der Waals surface area contributed by atoms with Gasteiger partial charge >= 0.3 is 5.97 Å². The molecule has 0 heterocycles. The second-order valence-corrected chi connectivity index (χ2v) is 2.73. The van der Waals surface area contributed by atoms with Crippen molar-refractivity contribution in [2.75, 3.05) is 7.11 Å². The van der Waals surface area contributed by atoms with Crippen LogP contribution in [0.1, 0.15) is 26.2 Å². The molecule has 0 aromatic carbocycles. The second-order valence-electron chi connectivity index (χ2n) is 2.73. The SMILES string of the molecule is CCC(=O)OC1CCC1OC. The summed E-state index contributed by atoms with van der Waals surface area (Å²) >= 11 is 0. The quantitative estimate of drug-likeness (QED) is 0.577. The highest BCUT2D eigenvalue weighted by molar-refractivity contribution is 5.69. The molecule has 64 valence electrons. The molecule has 0 N–H and O–H groups in total. The van der Waals surface area contributed by atoms with Crippen molar-refractivity contribution >= 4 is 5.97 Å². The van der Waals surface area contributed by atoms with E-state index in [-0.39, 0.29) is 18.2 Å². The minimum atomic E-state index is -0.128. The first kappa shape index (κ1) is 8.53. The van der Waals surface area contributed by atoms with Gasteiger partial charge in [0.25, 0.3) is 0 Å². The van der Waals surface area contributed by atoms with Gasteiger partial charge in [-0.25, -0.2) is 0 Å². The first-order valence-corrected chi connectivity index (χ1v) is 4.00. The van der Waals surface area contributed by atoms with Crippen molar-refractivity contribution in [1.82, 2.24) is 0 Å². The van der Waals surface area contributed by atoms with Crippen LogP contribution in [0.5, 0.6) is 0 Å². The molecular weight excluding hydrogens is 144 g/mol. The number of ether oxygens (including phenoxy) is 2. The third-order valence-electron chi connectivity index (χ3n) is 2.02. The first-order chi connectivity index (χ1) is 5.27. The molecule has 1 rings (SSSR count). The molecule has 0 aliphatic heterocycles. The summed E-state index contributed by atoms with van der Waals surface area (Å²) < 4.78 is 10.1. The van der Waals surface area contributed by atoms with E-state index < -0.39 is 0 Å². The van der Waals surface area contributed by atoms with Crippen LogP contribution >= 0.6 is 0 Å². The average molecular weight is 158 g/mol. The Kier molecular flexibility index (Phi) is 2.88. The largest absolute Gasteiger partial charge is 0.460 e. The van der Waals surface area contributed by atoms with Crippen LogP contribution in [0.15, 0.2) is 0 Å². The summed E-state index contributed by atoms with van der Waals surface area (Å²) in [6.45, 7) is 1.79. The lowest BCUT2D eigenvalue weighted by Crippen LogP contribution is -2.41. The lowest BCUT2D eigenvalue weighted by atomic mass is 9.92. The molecule has 0 spiro atoms. The lowest BCUT2D eigenvalue weighted by Gasteiger charge is -2.34. The number of carbonyl (C=O) groups excluding carboxylic acids is 1. The van der Waals surface area contributed by atoms with Gasteiger partial charge in [0.15, 0.2) is 0 Å². The monoisotopic (exact) mass is 158 g/mol. The van der Waals surface area contributed by atoms with Crippen LogP contribution in [0.25, 0.3) is 0 Å². The van der Waals surface area contributed by atoms with Crippen LogP contribution in [-0.2, 0) is 14.3 Å². The molecule has 3 heteroatoms. The lowest BCUT2D eigenvalue weighted by molar-refractivity contribution is -0.166. The van der Waals surface area contributed by atoms with Crippen LogP contribution in [0.2, 0.25) is 0 Å². The van der Waals surface area contributed by atoms with E-state index in [0.29, 0.717) is 6.42 Å². The summed E-state index contributed by atoms with van der Waals surface area (Å²) in [6.07, 6.45) is 2.58. The van der Waals surface area contributed by atoms with Gasteiger partial charge in [-0.1, -0.05) is 6.92 Å². The Morgan fingerprint density at radius 1 is 1.45 bits per heavy atom. The van der Waals surface area contributed by atoms with E-state index in [1.165, 1.54) is 0 Å². The van der Waals surface area contributed by atoms with Gasteiger partial charge in [-0.2, -0.15) is 0 Å². The Morgan fingerprint density at radius 2 is 2.09 bits per heavy atom. The maximum atomic E-state index is 10.8. The molecule has 11 heavy (non-hydrogen) atoms. The van der Waals surface area contributed by atoms with Gasteiger partial charge in [0.05, 0.1) is 6.10 Å². The minimum Gasteiger partial charge on any atom is -0.460 e. The predicted octanol–water partition coefficient (Wildman–Crippen LogP) is 1.12. The fraction of sp³-hybridized carbons (Fsp3) is 0.875. The maximum Gasteiger partial charge on any atom is 0.305 e. The summed E-state index contributed by atoms with van der Waals surface area (Å²) in [7, 11) is 1.65. The molecule has 0 saturated heterocycles. The molecule has 0 amide bonds. The van der Waals surface area contributed by atoms with Crippen molar-refractivity contribution in [3.05, 3.63) is 0 Å². The zero-order valence-electron chi connectivity index (χ0n) is 7.00. The number of rotatable bonds is 3. The molecular formula is C8H14O3. The van der Waals surface area contributed by atoms with Crippen LogP contribution in [0.3, 0.4) is 0 Å². The summed E-state index contributed by atoms with van der Waals surface area (Å²) in [4.78, 5) is 10.8. The highest BCUT2D eigenvalue weighted by Crippen LogP contribution is 2.25. The van der Waals surface area contributed by atoms with Gasteiger partial charge in [0, 0.05) is 13.5 Å². The van der Waals surface area contributed by atoms with Gasteiger partial charge in [-0.15, -0.1) is 0 Å². The van der Waals surface area contributed by atoms with Gasteiger partial charge in [0.2, 0.25) is 0 Å². The Bertz CT molecular complexity index is 142. The summed E-state index contributed by atoms with van der Waals surface area (Å²) in [6, 6.07) is 0. The molecule has 0 aromatic rings. The molecule has 1 fully saturated rings. The van der Waals surface area contributed by atoms with E-state index in [4.69, 9.17) is 9.47 Å². The van der Waals surface area contributed by atoms with Crippen molar-refractivity contribution in [2.24, 2.45) is 0 Å². The summed E-state index contributed by atoms with van der Waals surface area (Å²) in [5.74, 6) is -0.128. The Hall–Kier alpha value is -0.570.